The van der Waals surface area contributed by atoms with Crippen molar-refractivity contribution in [1.29, 1.82) is 0 Å². The molecular weight excluding hydrogens is 258 g/mol. The highest BCUT2D eigenvalue weighted by Gasteiger charge is 2.38. The molecule has 0 saturated carbocycles. The number of carboxylic acid groups (broad SMARTS) is 1. The van der Waals surface area contributed by atoms with Gasteiger partial charge in [-0.3, -0.25) is 9.59 Å². The average molecular weight is 277 g/mol. The number of likely N-dealkylation sites (tertiary alicyclic amines) is 1. The fourth-order valence-corrected chi connectivity index (χ4v) is 2.36. The summed E-state index contributed by atoms with van der Waals surface area (Å²) in [5, 5.41) is 9.19. The minimum atomic E-state index is -0.786. The van der Waals surface area contributed by atoms with Crippen molar-refractivity contribution in [1.82, 2.24) is 4.90 Å². The van der Waals surface area contributed by atoms with Gasteiger partial charge in [-0.25, -0.2) is 0 Å². The summed E-state index contributed by atoms with van der Waals surface area (Å²) in [5.41, 5.74) is -0.145. The van der Waals surface area contributed by atoms with E-state index >= 15 is 0 Å². The first-order chi connectivity index (χ1) is 9.46. The summed E-state index contributed by atoms with van der Waals surface area (Å²) in [5.74, 6) is -0.217. The highest BCUT2D eigenvalue weighted by molar-refractivity contribution is 5.94. The number of nitrogens with zero attached hydrogens (tertiary/aromatic N) is 1. The summed E-state index contributed by atoms with van der Waals surface area (Å²) < 4.78 is 5.11. The van der Waals surface area contributed by atoms with Crippen LogP contribution in [0.25, 0.3) is 0 Å². The van der Waals surface area contributed by atoms with Crippen molar-refractivity contribution in [3.8, 4) is 5.75 Å². The average Bonchev–Trinajstić information content (AvgIpc) is 2.47. The van der Waals surface area contributed by atoms with Crippen molar-refractivity contribution in [3.05, 3.63) is 29.8 Å². The summed E-state index contributed by atoms with van der Waals surface area (Å²) >= 11 is 0. The van der Waals surface area contributed by atoms with Crippen LogP contribution in [0.4, 0.5) is 0 Å². The van der Waals surface area contributed by atoms with Gasteiger partial charge in [-0.05, 0) is 38.0 Å². The van der Waals surface area contributed by atoms with Gasteiger partial charge in [0.05, 0.1) is 12.5 Å². The molecule has 20 heavy (non-hydrogen) atoms. The predicted octanol–water partition coefficient (Wildman–Crippen LogP) is 2.02. The fourth-order valence-electron chi connectivity index (χ4n) is 2.36. The second-order valence-corrected chi connectivity index (χ2v) is 5.39. The molecule has 1 N–H and O–H groups in total. The van der Waals surface area contributed by atoms with Crippen molar-refractivity contribution in [2.45, 2.75) is 19.8 Å². The third-order valence-electron chi connectivity index (χ3n) is 3.99. The van der Waals surface area contributed by atoms with Crippen molar-refractivity contribution in [2.75, 3.05) is 20.2 Å². The number of piperidine rings is 1. The number of ether oxygens (including phenoxy) is 1. The number of benzene rings is 1. The molecule has 1 heterocycles. The van der Waals surface area contributed by atoms with Gasteiger partial charge >= 0.3 is 5.97 Å². The molecule has 108 valence electrons. The molecule has 5 nitrogen and oxygen atoms in total. The number of methoxy groups -OCH3 is 1. The molecule has 1 aromatic rings. The quantitative estimate of drug-likeness (QED) is 0.918. The first kappa shape index (κ1) is 14.4. The van der Waals surface area contributed by atoms with Gasteiger partial charge < -0.3 is 14.7 Å². The molecule has 1 fully saturated rings. The van der Waals surface area contributed by atoms with Gasteiger partial charge in [0.25, 0.3) is 5.91 Å². The van der Waals surface area contributed by atoms with Crippen LogP contribution in [0.5, 0.6) is 5.75 Å². The molecule has 0 aromatic heterocycles. The van der Waals surface area contributed by atoms with Gasteiger partial charge in [0.1, 0.15) is 5.75 Å². The summed E-state index contributed by atoms with van der Waals surface area (Å²) in [6.45, 7) is 2.68. The van der Waals surface area contributed by atoms with Crippen molar-refractivity contribution in [3.63, 3.8) is 0 Å². The van der Waals surface area contributed by atoms with Crippen LogP contribution in [0.15, 0.2) is 24.3 Å². The largest absolute Gasteiger partial charge is 0.497 e. The monoisotopic (exact) mass is 277 g/mol. The number of rotatable bonds is 3. The van der Waals surface area contributed by atoms with Crippen molar-refractivity contribution < 1.29 is 19.4 Å². The lowest BCUT2D eigenvalue weighted by molar-refractivity contribution is -0.150. The highest BCUT2D eigenvalue weighted by atomic mass is 16.5. The number of carboxylic acids is 1. The Morgan fingerprint density at radius 2 is 1.95 bits per heavy atom. The van der Waals surface area contributed by atoms with E-state index in [1.807, 2.05) is 0 Å². The maximum absolute atomic E-state index is 12.4. The Kier molecular flexibility index (Phi) is 3.97. The van der Waals surface area contributed by atoms with E-state index in [4.69, 9.17) is 4.74 Å². The molecule has 1 aliphatic rings. The zero-order valence-corrected chi connectivity index (χ0v) is 11.8. The first-order valence-electron chi connectivity index (χ1n) is 6.63. The number of carbonyl (C=O) groups excluding carboxylic acids is 1. The molecule has 0 unspecified atom stereocenters. The second-order valence-electron chi connectivity index (χ2n) is 5.39. The van der Waals surface area contributed by atoms with Crippen LogP contribution in [-0.2, 0) is 4.79 Å². The van der Waals surface area contributed by atoms with E-state index in [2.05, 4.69) is 0 Å². The van der Waals surface area contributed by atoms with E-state index in [0.29, 0.717) is 37.2 Å². The number of aliphatic carboxylic acids is 1. The van der Waals surface area contributed by atoms with Crippen LogP contribution in [0.2, 0.25) is 0 Å². The van der Waals surface area contributed by atoms with Gasteiger partial charge in [-0.2, -0.15) is 0 Å². The molecule has 2 rings (SSSR count). The second kappa shape index (κ2) is 5.53. The lowest BCUT2D eigenvalue weighted by Crippen LogP contribution is -2.45. The van der Waals surface area contributed by atoms with Crippen LogP contribution >= 0.6 is 0 Å². The number of hydrogen-bond donors (Lipinski definition) is 1. The van der Waals surface area contributed by atoms with E-state index < -0.39 is 11.4 Å². The number of amides is 1. The van der Waals surface area contributed by atoms with Crippen LogP contribution in [0, 0.1) is 5.41 Å². The topological polar surface area (TPSA) is 66.8 Å². The Hall–Kier alpha value is -2.04. The van der Waals surface area contributed by atoms with E-state index in [1.165, 1.54) is 0 Å². The Labute approximate surface area is 118 Å². The molecule has 1 amide bonds. The highest BCUT2D eigenvalue weighted by Crippen LogP contribution is 2.31. The van der Waals surface area contributed by atoms with Crippen LogP contribution in [-0.4, -0.2) is 42.1 Å². The van der Waals surface area contributed by atoms with Gasteiger partial charge in [-0.1, -0.05) is 6.07 Å². The molecular formula is C15H19NO4. The van der Waals surface area contributed by atoms with Gasteiger partial charge in [0, 0.05) is 18.7 Å². The Morgan fingerprint density at radius 3 is 2.50 bits per heavy atom. The fraction of sp³-hybridized carbons (Fsp3) is 0.467. The molecule has 0 aliphatic carbocycles. The Morgan fingerprint density at radius 1 is 1.30 bits per heavy atom. The lowest BCUT2D eigenvalue weighted by atomic mass is 9.80. The standard InChI is InChI=1S/C15H19NO4/c1-15(14(18)19)6-8-16(9-7-15)13(17)11-4-3-5-12(10-11)20-2/h3-5,10H,6-9H2,1-2H3,(H,18,19). The zero-order valence-electron chi connectivity index (χ0n) is 11.8. The van der Waals surface area contributed by atoms with Crippen molar-refractivity contribution >= 4 is 11.9 Å². The minimum Gasteiger partial charge on any atom is -0.497 e. The Bertz CT molecular complexity index is 518. The van der Waals surface area contributed by atoms with Gasteiger partial charge in [0.15, 0.2) is 0 Å². The van der Waals surface area contributed by atoms with E-state index in [9.17, 15) is 14.7 Å². The molecule has 0 radical (unpaired) electrons. The summed E-state index contributed by atoms with van der Waals surface area (Å²) in [4.78, 5) is 25.3. The smallest absolute Gasteiger partial charge is 0.309 e. The maximum Gasteiger partial charge on any atom is 0.309 e. The van der Waals surface area contributed by atoms with Crippen molar-refractivity contribution in [2.24, 2.45) is 5.41 Å². The van der Waals surface area contributed by atoms with Crippen LogP contribution in [0.3, 0.4) is 0 Å². The molecule has 1 aromatic carbocycles. The normalized spacial score (nSPS) is 17.6. The zero-order chi connectivity index (χ0) is 14.8. The third kappa shape index (κ3) is 2.76. The van der Waals surface area contributed by atoms with E-state index in [0.717, 1.165) is 0 Å². The number of hydrogen-bond acceptors (Lipinski definition) is 3. The molecule has 1 saturated heterocycles. The SMILES string of the molecule is COc1cccc(C(=O)N2CCC(C)(C(=O)O)CC2)c1. The summed E-state index contributed by atoms with van der Waals surface area (Å²) in [6.07, 6.45) is 0.968. The van der Waals surface area contributed by atoms with Crippen LogP contribution < -0.4 is 4.74 Å². The molecule has 0 atom stereocenters. The van der Waals surface area contributed by atoms with E-state index in [-0.39, 0.29) is 5.91 Å². The van der Waals surface area contributed by atoms with Crippen LogP contribution in [0.1, 0.15) is 30.1 Å². The molecule has 0 spiro atoms. The molecule has 0 bridgehead atoms. The molecule has 5 heteroatoms. The van der Waals surface area contributed by atoms with E-state index in [1.54, 1.807) is 43.2 Å². The van der Waals surface area contributed by atoms with Gasteiger partial charge in [0.2, 0.25) is 0 Å². The summed E-state index contributed by atoms with van der Waals surface area (Å²) in [6, 6.07) is 7.01. The van der Waals surface area contributed by atoms with Gasteiger partial charge in [-0.15, -0.1) is 0 Å². The first-order valence-corrected chi connectivity index (χ1v) is 6.63. The maximum atomic E-state index is 12.4. The molecule has 1 aliphatic heterocycles. The Balaban J connectivity index is 2.06. The third-order valence-corrected chi connectivity index (χ3v) is 3.99. The predicted molar refractivity (Wildman–Crippen MR) is 73.9 cm³/mol. The minimum absolute atomic E-state index is 0.0728. The summed E-state index contributed by atoms with van der Waals surface area (Å²) in [7, 11) is 1.56. The lowest BCUT2D eigenvalue weighted by Gasteiger charge is -2.36. The number of carbonyl (C=O) groups is 2.